The molecule has 2 atom stereocenters. The van der Waals surface area contributed by atoms with E-state index < -0.39 is 18.2 Å². The number of rotatable bonds is 11. The van der Waals surface area contributed by atoms with Crippen LogP contribution in [0.2, 0.25) is 0 Å². The molecule has 0 spiro atoms. The van der Waals surface area contributed by atoms with Crippen molar-refractivity contribution in [2.24, 2.45) is 5.92 Å². The molecule has 1 saturated carbocycles. The van der Waals surface area contributed by atoms with Gasteiger partial charge in [-0.05, 0) is 49.8 Å². The van der Waals surface area contributed by atoms with Gasteiger partial charge in [0.2, 0.25) is 12.2 Å². The van der Waals surface area contributed by atoms with Gasteiger partial charge < -0.3 is 30.3 Å². The topological polar surface area (TPSA) is 111 Å². The maximum absolute atomic E-state index is 11.8. The van der Waals surface area contributed by atoms with Gasteiger partial charge in [-0.1, -0.05) is 51.3 Å². The van der Waals surface area contributed by atoms with Gasteiger partial charge in [-0.15, -0.1) is 0 Å². The maximum Gasteiger partial charge on any atom is 0.310 e. The Morgan fingerprint density at radius 3 is 2.52 bits per heavy atom. The predicted octanol–water partition coefficient (Wildman–Crippen LogP) is 5.16. The number of aromatic nitrogens is 1. The normalized spacial score (nSPS) is 16.4. The van der Waals surface area contributed by atoms with E-state index in [1.807, 2.05) is 25.1 Å². The number of aliphatic hydroxyl groups excluding tert-OH is 1. The van der Waals surface area contributed by atoms with Gasteiger partial charge in [-0.25, -0.2) is 0 Å². The van der Waals surface area contributed by atoms with Gasteiger partial charge in [0.05, 0.1) is 23.0 Å². The molecule has 33 heavy (non-hydrogen) atoms. The highest BCUT2D eigenvalue weighted by Gasteiger charge is 2.26. The summed E-state index contributed by atoms with van der Waals surface area (Å²) in [4.78, 5) is 14.2. The fourth-order valence-electron chi connectivity index (χ4n) is 4.67. The first kappa shape index (κ1) is 24.9. The third-order valence-electron chi connectivity index (χ3n) is 6.22. The average molecular weight is 459 g/mol. The van der Waals surface area contributed by atoms with Crippen LogP contribution >= 0.6 is 0 Å². The van der Waals surface area contributed by atoms with E-state index >= 15 is 0 Å². The first-order valence-corrected chi connectivity index (χ1v) is 12.1. The first-order valence-electron chi connectivity index (χ1n) is 12.1. The molecule has 0 bridgehead atoms. The van der Waals surface area contributed by atoms with Crippen molar-refractivity contribution in [2.75, 3.05) is 22.1 Å². The van der Waals surface area contributed by atoms with Gasteiger partial charge >= 0.3 is 5.97 Å². The Hall–Kier alpha value is -2.74. The quantitative estimate of drug-likeness (QED) is 0.342. The standard InChI is InChI=1S/C25H38N4O4/c1-5-20(24(30)31)18-11-12-22(29(15-16(2)3)19-9-7-6-8-10-19)21(14-18)26-25(32)27-23-13-17(4)28-33-23/h11-14,16,19-20,25-27,32H,5-10,15H2,1-4H3,(H,30,31). The zero-order valence-corrected chi connectivity index (χ0v) is 20.2. The first-order chi connectivity index (χ1) is 15.8. The maximum atomic E-state index is 11.8. The molecular weight excluding hydrogens is 420 g/mol. The van der Waals surface area contributed by atoms with Crippen molar-refractivity contribution < 1.29 is 19.5 Å². The molecule has 0 amide bonds. The summed E-state index contributed by atoms with van der Waals surface area (Å²) in [6, 6.07) is 7.91. The lowest BCUT2D eigenvalue weighted by atomic mass is 9.91. The molecule has 1 aliphatic rings. The highest BCUT2D eigenvalue weighted by Crippen LogP contribution is 2.36. The Balaban J connectivity index is 1.96. The number of carboxylic acids is 1. The van der Waals surface area contributed by atoms with Gasteiger partial charge in [0.1, 0.15) is 0 Å². The minimum absolute atomic E-state index is 0.355. The van der Waals surface area contributed by atoms with Crippen molar-refractivity contribution in [3.63, 3.8) is 0 Å². The van der Waals surface area contributed by atoms with Crippen LogP contribution in [0.15, 0.2) is 28.8 Å². The van der Waals surface area contributed by atoms with Crippen LogP contribution in [-0.4, -0.2) is 40.3 Å². The van der Waals surface area contributed by atoms with E-state index in [0.29, 0.717) is 41.2 Å². The number of nitrogens with one attached hydrogen (secondary N) is 2. The van der Waals surface area contributed by atoms with E-state index in [0.717, 1.165) is 25.1 Å². The Bertz CT molecular complexity index is 908. The number of aliphatic carboxylic acids is 1. The van der Waals surface area contributed by atoms with E-state index in [9.17, 15) is 15.0 Å². The van der Waals surface area contributed by atoms with Crippen LogP contribution < -0.4 is 15.5 Å². The van der Waals surface area contributed by atoms with Crippen molar-refractivity contribution in [3.05, 3.63) is 35.5 Å². The zero-order chi connectivity index (χ0) is 24.0. The molecule has 4 N–H and O–H groups in total. The van der Waals surface area contributed by atoms with E-state index in [4.69, 9.17) is 4.52 Å². The Kier molecular flexibility index (Phi) is 8.61. The second-order valence-corrected chi connectivity index (χ2v) is 9.44. The predicted molar refractivity (Wildman–Crippen MR) is 131 cm³/mol. The summed E-state index contributed by atoms with van der Waals surface area (Å²) in [5, 5.41) is 30.2. The van der Waals surface area contributed by atoms with Gasteiger partial charge in [-0.3, -0.25) is 4.79 Å². The average Bonchev–Trinajstić information content (AvgIpc) is 3.17. The summed E-state index contributed by atoms with van der Waals surface area (Å²) < 4.78 is 5.16. The minimum Gasteiger partial charge on any atom is -0.481 e. The number of carbonyl (C=O) groups is 1. The summed E-state index contributed by atoms with van der Waals surface area (Å²) >= 11 is 0. The van der Waals surface area contributed by atoms with Crippen molar-refractivity contribution >= 4 is 23.2 Å². The van der Waals surface area contributed by atoms with Crippen molar-refractivity contribution in [1.29, 1.82) is 0 Å². The van der Waals surface area contributed by atoms with E-state index in [-0.39, 0.29) is 0 Å². The molecule has 8 nitrogen and oxygen atoms in total. The number of anilines is 3. The number of aryl methyl sites for hydroxylation is 1. The zero-order valence-electron chi connectivity index (χ0n) is 20.2. The molecule has 0 aliphatic heterocycles. The lowest BCUT2D eigenvalue weighted by Gasteiger charge is -2.39. The summed E-state index contributed by atoms with van der Waals surface area (Å²) in [6.45, 7) is 8.98. The summed E-state index contributed by atoms with van der Waals surface area (Å²) in [7, 11) is 0. The van der Waals surface area contributed by atoms with Gasteiger partial charge in [0, 0.05) is 18.7 Å². The monoisotopic (exact) mass is 458 g/mol. The molecule has 1 aromatic carbocycles. The summed E-state index contributed by atoms with van der Waals surface area (Å²) in [5.41, 5.74) is 3.11. The van der Waals surface area contributed by atoms with Crippen molar-refractivity contribution in [1.82, 2.24) is 5.16 Å². The van der Waals surface area contributed by atoms with Crippen LogP contribution in [0.3, 0.4) is 0 Å². The second-order valence-electron chi connectivity index (χ2n) is 9.44. The fourth-order valence-corrected chi connectivity index (χ4v) is 4.67. The molecule has 3 rings (SSSR count). The SMILES string of the molecule is CCC(C(=O)O)c1ccc(N(CC(C)C)C2CCCCC2)c(NC(O)Nc2cc(C)no2)c1. The lowest BCUT2D eigenvalue weighted by Crippen LogP contribution is -2.40. The molecule has 1 aromatic heterocycles. The Morgan fingerprint density at radius 2 is 1.94 bits per heavy atom. The number of benzene rings is 1. The van der Waals surface area contributed by atoms with Gasteiger partial charge in [0.25, 0.3) is 0 Å². The van der Waals surface area contributed by atoms with Crippen LogP contribution in [0.5, 0.6) is 0 Å². The van der Waals surface area contributed by atoms with Crippen LogP contribution in [0.25, 0.3) is 0 Å². The molecule has 0 saturated heterocycles. The molecule has 8 heteroatoms. The number of carboxylic acid groups (broad SMARTS) is 1. The van der Waals surface area contributed by atoms with Crippen LogP contribution in [0, 0.1) is 12.8 Å². The largest absolute Gasteiger partial charge is 0.481 e. The van der Waals surface area contributed by atoms with Crippen LogP contribution in [0.1, 0.15) is 76.5 Å². The molecule has 2 aromatic rings. The lowest BCUT2D eigenvalue weighted by molar-refractivity contribution is -0.138. The summed E-state index contributed by atoms with van der Waals surface area (Å²) in [6.07, 6.45) is 5.33. The number of nitrogens with zero attached hydrogens (tertiary/aromatic N) is 2. The third-order valence-corrected chi connectivity index (χ3v) is 6.22. The molecule has 1 aliphatic carbocycles. The van der Waals surface area contributed by atoms with E-state index in [1.54, 1.807) is 13.0 Å². The molecule has 2 unspecified atom stereocenters. The van der Waals surface area contributed by atoms with Crippen molar-refractivity contribution in [3.8, 4) is 0 Å². The Morgan fingerprint density at radius 1 is 1.21 bits per heavy atom. The molecule has 1 heterocycles. The van der Waals surface area contributed by atoms with Crippen LogP contribution in [0.4, 0.5) is 17.3 Å². The summed E-state index contributed by atoms with van der Waals surface area (Å²) in [5.74, 6) is -0.635. The number of hydrogen-bond acceptors (Lipinski definition) is 7. The van der Waals surface area contributed by atoms with Gasteiger partial charge in [-0.2, -0.15) is 0 Å². The van der Waals surface area contributed by atoms with E-state index in [1.165, 1.54) is 19.3 Å². The van der Waals surface area contributed by atoms with Gasteiger partial charge in [0.15, 0.2) is 0 Å². The Labute approximate surface area is 196 Å². The fraction of sp³-hybridized carbons (Fsp3) is 0.600. The third kappa shape index (κ3) is 6.63. The molecular formula is C25H38N4O4. The smallest absolute Gasteiger partial charge is 0.310 e. The van der Waals surface area contributed by atoms with Crippen molar-refractivity contribution in [2.45, 2.75) is 84.5 Å². The van der Waals surface area contributed by atoms with E-state index in [2.05, 4.69) is 34.5 Å². The minimum atomic E-state index is -1.14. The number of hydrogen-bond donors (Lipinski definition) is 4. The highest BCUT2D eigenvalue weighted by molar-refractivity contribution is 5.79. The highest BCUT2D eigenvalue weighted by atomic mass is 16.5. The molecule has 1 fully saturated rings. The second kappa shape index (κ2) is 11.4. The van der Waals surface area contributed by atoms with Crippen LogP contribution in [-0.2, 0) is 4.79 Å². The molecule has 0 radical (unpaired) electrons. The number of aliphatic hydroxyl groups is 1. The molecule has 182 valence electrons.